The van der Waals surface area contributed by atoms with Crippen molar-refractivity contribution in [3.8, 4) is 0 Å². The van der Waals surface area contributed by atoms with E-state index in [1.54, 1.807) is 0 Å². The smallest absolute Gasteiger partial charge is 0.248 e. The molecule has 2 unspecified atom stereocenters. The van der Waals surface area contributed by atoms with Gasteiger partial charge in [-0.3, -0.25) is 0 Å². The van der Waals surface area contributed by atoms with Gasteiger partial charge in [-0.2, -0.15) is 0 Å². The fourth-order valence-electron chi connectivity index (χ4n) is 3.60. The van der Waals surface area contributed by atoms with Crippen molar-refractivity contribution in [3.05, 3.63) is 46.1 Å². The first-order chi connectivity index (χ1) is 12.0. The zero-order chi connectivity index (χ0) is 19.3. The van der Waals surface area contributed by atoms with E-state index in [1.807, 2.05) is 0 Å². The molecule has 142 valence electrons. The van der Waals surface area contributed by atoms with Crippen LogP contribution in [0.3, 0.4) is 0 Å². The van der Waals surface area contributed by atoms with Gasteiger partial charge in [-0.05, 0) is 37.0 Å². The van der Waals surface area contributed by atoms with E-state index in [0.717, 1.165) is 6.26 Å². The molecule has 9 heteroatoms. The van der Waals surface area contributed by atoms with Gasteiger partial charge in [0.05, 0.1) is 10.7 Å². The summed E-state index contributed by atoms with van der Waals surface area (Å²) in [5.41, 5.74) is 0.790. The van der Waals surface area contributed by atoms with E-state index >= 15 is 0 Å². The van der Waals surface area contributed by atoms with Crippen LogP contribution in [0.1, 0.15) is 42.3 Å². The first-order valence-electron chi connectivity index (χ1n) is 8.07. The van der Waals surface area contributed by atoms with Gasteiger partial charge in [-0.1, -0.05) is 17.7 Å². The molecule has 0 spiro atoms. The highest BCUT2D eigenvalue weighted by atomic mass is 35.5. The Morgan fingerprint density at radius 1 is 1.38 bits per heavy atom. The van der Waals surface area contributed by atoms with E-state index in [1.165, 1.54) is 25.1 Å². The van der Waals surface area contributed by atoms with Gasteiger partial charge in [0.15, 0.2) is 14.9 Å². The number of aryl methyl sites for hydroxylation is 1. The maximum atomic E-state index is 13.8. The number of hydrogen-bond acceptors (Lipinski definition) is 3. The maximum Gasteiger partial charge on any atom is 0.248 e. The highest BCUT2D eigenvalue weighted by Gasteiger charge is 2.44. The average Bonchev–Trinajstić information content (AvgIpc) is 3.06. The highest BCUT2D eigenvalue weighted by Crippen LogP contribution is 2.47. The van der Waals surface area contributed by atoms with E-state index in [4.69, 9.17) is 11.6 Å². The Balaban J connectivity index is 2.11. The highest BCUT2D eigenvalue weighted by molar-refractivity contribution is 7.90. The van der Waals surface area contributed by atoms with Crippen molar-refractivity contribution >= 4 is 21.4 Å². The summed E-state index contributed by atoms with van der Waals surface area (Å²) in [4.78, 5) is 7.06. The Hall–Kier alpha value is -1.54. The molecule has 0 saturated heterocycles. The number of imidazole rings is 1. The number of alkyl halides is 2. The van der Waals surface area contributed by atoms with Gasteiger partial charge < -0.3 is 4.98 Å². The zero-order valence-electron chi connectivity index (χ0n) is 14.2. The van der Waals surface area contributed by atoms with Crippen molar-refractivity contribution in [1.29, 1.82) is 0 Å². The summed E-state index contributed by atoms with van der Waals surface area (Å²) in [6.45, 7) is 1.54. The summed E-state index contributed by atoms with van der Waals surface area (Å²) in [5, 5.41) is -0.167. The molecule has 26 heavy (non-hydrogen) atoms. The summed E-state index contributed by atoms with van der Waals surface area (Å²) < 4.78 is 64.9. The lowest BCUT2D eigenvalue weighted by Gasteiger charge is -2.22. The molecule has 3 rings (SSSR count). The van der Waals surface area contributed by atoms with E-state index in [2.05, 4.69) is 9.97 Å². The SMILES string of the molecule is Cc1nc(C(c2ccc(F)c(Cl)c2)C2CCC(F)(F)C2)[nH]c1S(C)(=O)=O. The number of nitrogens with one attached hydrogen (secondary N) is 1. The van der Waals surface area contributed by atoms with E-state index in [0.29, 0.717) is 5.56 Å². The Kier molecular flexibility index (Phi) is 4.85. The van der Waals surface area contributed by atoms with Crippen molar-refractivity contribution in [2.75, 3.05) is 6.26 Å². The minimum absolute atomic E-state index is 0.0459. The van der Waals surface area contributed by atoms with Crippen LogP contribution in [-0.4, -0.2) is 30.6 Å². The van der Waals surface area contributed by atoms with Crippen LogP contribution in [0.15, 0.2) is 23.2 Å². The molecule has 0 bridgehead atoms. The quantitative estimate of drug-likeness (QED) is 0.814. The van der Waals surface area contributed by atoms with Gasteiger partial charge in [-0.25, -0.2) is 26.6 Å². The number of H-pyrrole nitrogens is 1. The van der Waals surface area contributed by atoms with Crippen LogP contribution in [0.5, 0.6) is 0 Å². The molecule has 1 fully saturated rings. The molecule has 4 nitrogen and oxygen atoms in total. The molecule has 2 aromatic rings. The van der Waals surface area contributed by atoms with Gasteiger partial charge >= 0.3 is 0 Å². The van der Waals surface area contributed by atoms with E-state index < -0.39 is 33.4 Å². The predicted molar refractivity (Wildman–Crippen MR) is 92.0 cm³/mol. The van der Waals surface area contributed by atoms with Gasteiger partial charge in [0.1, 0.15) is 11.6 Å². The Bertz CT molecular complexity index is 943. The van der Waals surface area contributed by atoms with Crippen molar-refractivity contribution in [2.24, 2.45) is 5.92 Å². The van der Waals surface area contributed by atoms with Crippen molar-refractivity contribution in [2.45, 2.75) is 43.1 Å². The fraction of sp³-hybridized carbons (Fsp3) is 0.471. The van der Waals surface area contributed by atoms with Gasteiger partial charge in [-0.15, -0.1) is 0 Å². The number of aromatic nitrogens is 2. The first kappa shape index (κ1) is 19.2. The molecule has 1 N–H and O–H groups in total. The molecule has 2 atom stereocenters. The van der Waals surface area contributed by atoms with Crippen molar-refractivity contribution in [1.82, 2.24) is 9.97 Å². The van der Waals surface area contributed by atoms with Crippen LogP contribution < -0.4 is 0 Å². The first-order valence-corrected chi connectivity index (χ1v) is 10.3. The van der Waals surface area contributed by atoms with E-state index in [-0.39, 0.29) is 40.8 Å². The van der Waals surface area contributed by atoms with Crippen molar-refractivity contribution in [3.63, 3.8) is 0 Å². The molecule has 1 aromatic heterocycles. The second-order valence-corrected chi connectivity index (χ2v) is 9.18. The lowest BCUT2D eigenvalue weighted by atomic mass is 9.84. The summed E-state index contributed by atoms with van der Waals surface area (Å²) in [7, 11) is -3.54. The second-order valence-electron chi connectivity index (χ2n) is 6.82. The number of rotatable bonds is 4. The van der Waals surface area contributed by atoms with Crippen molar-refractivity contribution < 1.29 is 21.6 Å². The third-order valence-corrected chi connectivity index (χ3v) is 6.17. The molecule has 1 heterocycles. The largest absolute Gasteiger partial charge is 0.332 e. The molecular weight excluding hydrogens is 389 g/mol. The number of nitrogens with zero attached hydrogens (tertiary/aromatic N) is 1. The number of hydrogen-bond donors (Lipinski definition) is 1. The minimum atomic E-state index is -3.54. The normalized spacial score (nSPS) is 21.1. The van der Waals surface area contributed by atoms with Gasteiger partial charge in [0, 0.05) is 25.0 Å². The molecular formula is C17H18ClF3N2O2S. The molecule has 0 radical (unpaired) electrons. The summed E-state index contributed by atoms with van der Waals surface area (Å²) in [6, 6.07) is 4.03. The summed E-state index contributed by atoms with van der Waals surface area (Å²) >= 11 is 5.87. The topological polar surface area (TPSA) is 62.8 Å². The molecule has 1 aliphatic rings. The molecule has 1 saturated carbocycles. The van der Waals surface area contributed by atoms with Crippen LogP contribution in [-0.2, 0) is 9.84 Å². The fourth-order valence-corrected chi connectivity index (χ4v) is 4.66. The maximum absolute atomic E-state index is 13.8. The van der Waals surface area contributed by atoms with Crippen LogP contribution in [0.25, 0.3) is 0 Å². The molecule has 0 aliphatic heterocycles. The lowest BCUT2D eigenvalue weighted by molar-refractivity contribution is 0.00429. The Labute approximate surface area is 154 Å². The van der Waals surface area contributed by atoms with Crippen LogP contribution >= 0.6 is 11.6 Å². The monoisotopic (exact) mass is 406 g/mol. The third kappa shape index (κ3) is 3.76. The standard InChI is InChI=1S/C17H18ClF3N2O2S/c1-9-16(26(2,24)25)23-15(22-9)14(11-5-6-17(20,21)8-11)10-3-4-13(19)12(18)7-10/h3-4,7,11,14H,5-6,8H2,1-2H3,(H,22,23). The van der Waals surface area contributed by atoms with E-state index in [9.17, 15) is 21.6 Å². The van der Waals surface area contributed by atoms with Crippen LogP contribution in [0.2, 0.25) is 5.02 Å². The predicted octanol–water partition coefficient (Wildman–Crippen LogP) is 4.48. The molecule has 0 amide bonds. The van der Waals surface area contributed by atoms with Crippen LogP contribution in [0, 0.1) is 18.7 Å². The number of sulfone groups is 1. The molecule has 1 aromatic carbocycles. The average molecular weight is 407 g/mol. The number of aromatic amines is 1. The number of halogens is 4. The molecule has 1 aliphatic carbocycles. The van der Waals surface area contributed by atoms with Crippen LogP contribution in [0.4, 0.5) is 13.2 Å². The third-order valence-electron chi connectivity index (χ3n) is 4.74. The minimum Gasteiger partial charge on any atom is -0.332 e. The van der Waals surface area contributed by atoms with Gasteiger partial charge in [0.25, 0.3) is 0 Å². The summed E-state index contributed by atoms with van der Waals surface area (Å²) in [5.74, 6) is -4.22. The summed E-state index contributed by atoms with van der Waals surface area (Å²) in [6.07, 6.45) is 0.702. The Morgan fingerprint density at radius 3 is 2.58 bits per heavy atom. The number of benzene rings is 1. The zero-order valence-corrected chi connectivity index (χ0v) is 15.8. The lowest BCUT2D eigenvalue weighted by Crippen LogP contribution is -2.17. The van der Waals surface area contributed by atoms with Gasteiger partial charge in [0.2, 0.25) is 5.92 Å². The second kappa shape index (κ2) is 6.56. The Morgan fingerprint density at radius 2 is 2.08 bits per heavy atom.